The SMILES string of the molecule is CC(C)(C)c1cn(Cc2ccc(COc3cccc4c3CN(C3CCC(=O)CC3=O)C4=O)cc2)nn1. The van der Waals surface area contributed by atoms with Crippen molar-refractivity contribution >= 4 is 17.5 Å². The molecule has 1 aromatic heterocycles. The first-order valence-corrected chi connectivity index (χ1v) is 12.3. The molecule has 2 aromatic carbocycles. The van der Waals surface area contributed by atoms with Crippen molar-refractivity contribution in [3.63, 3.8) is 0 Å². The normalized spacial score (nSPS) is 18.0. The second kappa shape index (κ2) is 9.33. The highest BCUT2D eigenvalue weighted by molar-refractivity contribution is 6.07. The number of amides is 1. The lowest BCUT2D eigenvalue weighted by Crippen LogP contribution is -2.44. The molecule has 186 valence electrons. The van der Waals surface area contributed by atoms with Crippen LogP contribution < -0.4 is 4.74 Å². The molecule has 2 aliphatic rings. The zero-order valence-corrected chi connectivity index (χ0v) is 20.9. The van der Waals surface area contributed by atoms with Crippen LogP contribution in [0.5, 0.6) is 5.75 Å². The van der Waals surface area contributed by atoms with E-state index >= 15 is 0 Å². The van der Waals surface area contributed by atoms with Gasteiger partial charge < -0.3 is 9.64 Å². The topological polar surface area (TPSA) is 94.4 Å². The van der Waals surface area contributed by atoms with Gasteiger partial charge in [0.1, 0.15) is 18.1 Å². The first kappa shape index (κ1) is 23.9. The summed E-state index contributed by atoms with van der Waals surface area (Å²) in [7, 11) is 0. The number of hydrogen-bond acceptors (Lipinski definition) is 6. The molecule has 2 heterocycles. The van der Waals surface area contributed by atoms with Gasteiger partial charge in [0.2, 0.25) is 0 Å². The molecule has 36 heavy (non-hydrogen) atoms. The van der Waals surface area contributed by atoms with Gasteiger partial charge in [0, 0.05) is 29.2 Å². The van der Waals surface area contributed by atoms with Crippen molar-refractivity contribution < 1.29 is 19.1 Å². The lowest BCUT2D eigenvalue weighted by atomic mass is 9.92. The van der Waals surface area contributed by atoms with Crippen LogP contribution in [0.1, 0.15) is 72.8 Å². The number of benzene rings is 2. The predicted octanol–water partition coefficient (Wildman–Crippen LogP) is 3.85. The van der Waals surface area contributed by atoms with E-state index < -0.39 is 6.04 Å². The van der Waals surface area contributed by atoms with Gasteiger partial charge in [-0.3, -0.25) is 14.4 Å². The van der Waals surface area contributed by atoms with Crippen LogP contribution >= 0.6 is 0 Å². The van der Waals surface area contributed by atoms with Crippen LogP contribution in [0.3, 0.4) is 0 Å². The molecule has 1 aliphatic carbocycles. The van der Waals surface area contributed by atoms with Crippen LogP contribution in [0, 0.1) is 0 Å². The van der Waals surface area contributed by atoms with Crippen molar-refractivity contribution in [2.45, 2.75) is 71.2 Å². The summed E-state index contributed by atoms with van der Waals surface area (Å²) < 4.78 is 7.96. The maximum atomic E-state index is 13.0. The van der Waals surface area contributed by atoms with Crippen molar-refractivity contribution in [2.24, 2.45) is 0 Å². The maximum Gasteiger partial charge on any atom is 0.255 e. The molecule has 5 rings (SSSR count). The van der Waals surface area contributed by atoms with Crippen LogP contribution in [0.25, 0.3) is 0 Å². The van der Waals surface area contributed by atoms with Crippen molar-refractivity contribution in [1.29, 1.82) is 0 Å². The van der Waals surface area contributed by atoms with Crippen molar-refractivity contribution in [1.82, 2.24) is 19.9 Å². The summed E-state index contributed by atoms with van der Waals surface area (Å²) >= 11 is 0. The summed E-state index contributed by atoms with van der Waals surface area (Å²) in [5, 5.41) is 8.51. The molecule has 8 nitrogen and oxygen atoms in total. The Morgan fingerprint density at radius 3 is 2.47 bits per heavy atom. The standard InChI is InChI=1S/C28H30N4O4/c1-28(2,3)26-16-31(30-29-26)14-18-7-9-19(10-8-18)17-36-25-6-4-5-21-22(25)15-32(27(21)35)23-12-11-20(33)13-24(23)34/h4-10,16,23H,11-15,17H2,1-3H3. The third-order valence-electron chi connectivity index (χ3n) is 6.84. The first-order valence-electron chi connectivity index (χ1n) is 12.3. The van der Waals surface area contributed by atoms with E-state index in [1.165, 1.54) is 0 Å². The highest BCUT2D eigenvalue weighted by Gasteiger charge is 2.40. The van der Waals surface area contributed by atoms with Crippen molar-refractivity contribution in [3.05, 3.63) is 76.6 Å². The molecule has 8 heteroatoms. The minimum Gasteiger partial charge on any atom is -0.489 e. The van der Waals surface area contributed by atoms with E-state index in [2.05, 4.69) is 31.1 Å². The molecule has 0 saturated heterocycles. The summed E-state index contributed by atoms with van der Waals surface area (Å²) in [4.78, 5) is 38.6. The lowest BCUT2D eigenvalue weighted by Gasteiger charge is -2.29. The van der Waals surface area contributed by atoms with E-state index in [1.54, 1.807) is 17.0 Å². The average molecular weight is 487 g/mol. The van der Waals surface area contributed by atoms with Gasteiger partial charge in [-0.15, -0.1) is 5.10 Å². The summed E-state index contributed by atoms with van der Waals surface area (Å²) in [5.74, 6) is 0.251. The van der Waals surface area contributed by atoms with E-state index in [4.69, 9.17) is 4.74 Å². The Labute approximate surface area is 210 Å². The summed E-state index contributed by atoms with van der Waals surface area (Å²) in [6.45, 7) is 7.66. The van der Waals surface area contributed by atoms with Gasteiger partial charge in [0.15, 0.2) is 5.78 Å². The summed E-state index contributed by atoms with van der Waals surface area (Å²) in [6, 6.07) is 13.0. The smallest absolute Gasteiger partial charge is 0.255 e. The third-order valence-corrected chi connectivity index (χ3v) is 6.84. The lowest BCUT2D eigenvalue weighted by molar-refractivity contribution is -0.133. The number of rotatable bonds is 6. The maximum absolute atomic E-state index is 13.0. The van der Waals surface area contributed by atoms with Gasteiger partial charge in [0.05, 0.1) is 31.2 Å². The fourth-order valence-electron chi connectivity index (χ4n) is 4.71. The number of hydrogen-bond donors (Lipinski definition) is 0. The number of carbonyl (C=O) groups is 3. The number of carbonyl (C=O) groups excluding carboxylic acids is 3. The zero-order valence-electron chi connectivity index (χ0n) is 20.9. The monoisotopic (exact) mass is 486 g/mol. The second-order valence-electron chi connectivity index (χ2n) is 10.6. The Balaban J connectivity index is 1.23. The fraction of sp³-hybridized carbons (Fsp3) is 0.393. The number of ether oxygens (including phenoxy) is 1. The number of aromatic nitrogens is 3. The molecule has 1 aliphatic heterocycles. The molecule has 0 bridgehead atoms. The molecule has 0 spiro atoms. The quantitative estimate of drug-likeness (QED) is 0.491. The van der Waals surface area contributed by atoms with Gasteiger partial charge in [-0.05, 0) is 29.7 Å². The molecule has 3 aromatic rings. The number of fused-ring (bicyclic) bond motifs is 1. The number of Topliss-reactive ketones (excluding diaryl/α,β-unsaturated/α-hetero) is 2. The van der Waals surface area contributed by atoms with Gasteiger partial charge in [-0.1, -0.05) is 56.3 Å². The van der Waals surface area contributed by atoms with Crippen LogP contribution in [0.15, 0.2) is 48.7 Å². The molecule has 0 N–H and O–H groups in total. The van der Waals surface area contributed by atoms with Crippen LogP contribution in [-0.2, 0) is 34.7 Å². The minimum absolute atomic E-state index is 0.0380. The Morgan fingerprint density at radius 1 is 1.03 bits per heavy atom. The van der Waals surface area contributed by atoms with Crippen LogP contribution in [-0.4, -0.2) is 43.4 Å². The molecular formula is C28H30N4O4. The van der Waals surface area contributed by atoms with Gasteiger partial charge in [-0.2, -0.15) is 0 Å². The number of nitrogens with zero attached hydrogens (tertiary/aromatic N) is 4. The Hall–Kier alpha value is -3.81. The third kappa shape index (κ3) is 4.80. The highest BCUT2D eigenvalue weighted by atomic mass is 16.5. The molecular weight excluding hydrogens is 456 g/mol. The van der Waals surface area contributed by atoms with Crippen LogP contribution in [0.2, 0.25) is 0 Å². The fourth-order valence-corrected chi connectivity index (χ4v) is 4.71. The molecule has 1 amide bonds. The van der Waals surface area contributed by atoms with E-state index in [0.29, 0.717) is 43.9 Å². The van der Waals surface area contributed by atoms with E-state index in [1.807, 2.05) is 41.2 Å². The Morgan fingerprint density at radius 2 is 1.78 bits per heavy atom. The molecule has 0 radical (unpaired) electrons. The highest BCUT2D eigenvalue weighted by Crippen LogP contribution is 2.34. The average Bonchev–Trinajstić information content (AvgIpc) is 3.44. The minimum atomic E-state index is -0.535. The van der Waals surface area contributed by atoms with Gasteiger partial charge >= 0.3 is 0 Å². The van der Waals surface area contributed by atoms with Crippen molar-refractivity contribution in [3.8, 4) is 5.75 Å². The Kier molecular flexibility index (Phi) is 6.20. The number of ketones is 2. The van der Waals surface area contributed by atoms with Crippen LogP contribution in [0.4, 0.5) is 0 Å². The molecule has 1 fully saturated rings. The van der Waals surface area contributed by atoms with Gasteiger partial charge in [0.25, 0.3) is 5.91 Å². The largest absolute Gasteiger partial charge is 0.489 e. The second-order valence-corrected chi connectivity index (χ2v) is 10.6. The molecule has 1 unspecified atom stereocenters. The zero-order chi connectivity index (χ0) is 25.4. The van der Waals surface area contributed by atoms with Gasteiger partial charge in [-0.25, -0.2) is 4.68 Å². The van der Waals surface area contributed by atoms with E-state index in [0.717, 1.165) is 22.4 Å². The summed E-state index contributed by atoms with van der Waals surface area (Å²) in [6.07, 6.45) is 2.63. The molecule has 1 saturated carbocycles. The Bertz CT molecular complexity index is 1320. The predicted molar refractivity (Wildman–Crippen MR) is 133 cm³/mol. The van der Waals surface area contributed by atoms with E-state index in [-0.39, 0.29) is 29.3 Å². The summed E-state index contributed by atoms with van der Waals surface area (Å²) in [5.41, 5.74) is 4.40. The first-order chi connectivity index (χ1) is 17.2. The molecule has 1 atom stereocenters. The van der Waals surface area contributed by atoms with E-state index in [9.17, 15) is 14.4 Å². The van der Waals surface area contributed by atoms with Crippen molar-refractivity contribution in [2.75, 3.05) is 0 Å².